The van der Waals surface area contributed by atoms with Crippen molar-refractivity contribution in [2.24, 2.45) is 0 Å². The number of pyridine rings is 1. The maximum atomic E-state index is 13.9. The highest BCUT2D eigenvalue weighted by Gasteiger charge is 2.21. The largest absolute Gasteiger partial charge is 0.382 e. The van der Waals surface area contributed by atoms with Gasteiger partial charge >= 0.3 is 0 Å². The smallest absolute Gasteiger partial charge is 0.275 e. The number of aromatic amines is 1. The Morgan fingerprint density at radius 3 is 2.70 bits per heavy atom. The van der Waals surface area contributed by atoms with E-state index in [2.05, 4.69) is 20.2 Å². The summed E-state index contributed by atoms with van der Waals surface area (Å²) in [4.78, 5) is 24.9. The van der Waals surface area contributed by atoms with Gasteiger partial charge in [-0.3, -0.25) is 19.4 Å². The van der Waals surface area contributed by atoms with Crippen LogP contribution in [-0.2, 0) is 21.4 Å². The van der Waals surface area contributed by atoms with E-state index >= 15 is 0 Å². The number of anilines is 3. The molecule has 0 spiro atoms. The van der Waals surface area contributed by atoms with E-state index in [0.717, 1.165) is 16.7 Å². The predicted octanol–water partition coefficient (Wildman–Crippen LogP) is 2.19. The number of aryl methyl sites for hydroxylation is 1. The van der Waals surface area contributed by atoms with Crippen LogP contribution in [0.5, 0.6) is 0 Å². The fraction of sp³-hybridized carbons (Fsp3) is 0.0952. The molecule has 4 aromatic rings. The number of H-pyrrole nitrogens is 1. The number of nitrogens with two attached hydrogens (primary N) is 1. The Morgan fingerprint density at radius 2 is 1.94 bits per heavy atom. The Bertz CT molecular complexity index is 1540. The molecular weight excluding hydrogens is 451 g/mol. The minimum Gasteiger partial charge on any atom is -0.382 e. The highest BCUT2D eigenvalue weighted by atomic mass is 32.2. The quantitative estimate of drug-likeness (QED) is 0.339. The molecule has 4 rings (SSSR count). The summed E-state index contributed by atoms with van der Waals surface area (Å²) in [6.45, 7) is 1.22. The van der Waals surface area contributed by atoms with Crippen LogP contribution in [0.1, 0.15) is 5.69 Å². The highest BCUT2D eigenvalue weighted by Crippen LogP contribution is 2.22. The summed E-state index contributed by atoms with van der Waals surface area (Å²) in [5.41, 5.74) is 6.29. The lowest BCUT2D eigenvalue weighted by Gasteiger charge is -2.14. The van der Waals surface area contributed by atoms with Gasteiger partial charge in [0.25, 0.3) is 15.6 Å². The first-order valence-electron chi connectivity index (χ1n) is 9.67. The van der Waals surface area contributed by atoms with Crippen molar-refractivity contribution in [2.45, 2.75) is 18.4 Å². The van der Waals surface area contributed by atoms with Gasteiger partial charge in [-0.05, 0) is 49.4 Å². The molecule has 5 N–H and O–H groups in total. The molecule has 12 heteroatoms. The number of nitrogens with one attached hydrogen (secondary N) is 3. The van der Waals surface area contributed by atoms with E-state index in [1.807, 2.05) is 0 Å². The molecule has 2 heterocycles. The van der Waals surface area contributed by atoms with E-state index < -0.39 is 32.2 Å². The van der Waals surface area contributed by atoms with Gasteiger partial charge in [-0.15, -0.1) is 0 Å². The van der Waals surface area contributed by atoms with Crippen molar-refractivity contribution < 1.29 is 17.6 Å². The van der Waals surface area contributed by atoms with Crippen molar-refractivity contribution in [1.82, 2.24) is 14.8 Å². The fourth-order valence-corrected chi connectivity index (χ4v) is 4.40. The molecule has 0 fully saturated rings. The minimum atomic E-state index is -4.35. The number of nitrogen functional groups attached to an aromatic ring is 1. The van der Waals surface area contributed by atoms with Gasteiger partial charge in [0.05, 0.1) is 5.52 Å². The fourth-order valence-electron chi connectivity index (χ4n) is 3.26. The Labute approximate surface area is 187 Å². The van der Waals surface area contributed by atoms with Gasteiger partial charge in [0.15, 0.2) is 5.82 Å². The van der Waals surface area contributed by atoms with Crippen LogP contribution >= 0.6 is 0 Å². The molecule has 0 saturated heterocycles. The molecule has 0 radical (unpaired) electrons. The van der Waals surface area contributed by atoms with Crippen LogP contribution in [0.4, 0.5) is 21.6 Å². The van der Waals surface area contributed by atoms with Gasteiger partial charge in [0.2, 0.25) is 5.91 Å². The summed E-state index contributed by atoms with van der Waals surface area (Å²) in [7, 11) is -4.35. The summed E-state index contributed by atoms with van der Waals surface area (Å²) < 4.78 is 42.3. The summed E-state index contributed by atoms with van der Waals surface area (Å²) in [5, 5.41) is 9.94. The summed E-state index contributed by atoms with van der Waals surface area (Å²) in [5.74, 6) is -1.19. The monoisotopic (exact) mass is 470 g/mol. The molecule has 0 aliphatic heterocycles. The summed E-state index contributed by atoms with van der Waals surface area (Å²) in [6, 6.07) is 12.5. The topological polar surface area (TPSA) is 152 Å². The third-order valence-electron chi connectivity index (χ3n) is 4.94. The minimum absolute atomic E-state index is 0.281. The first-order chi connectivity index (χ1) is 15.7. The molecule has 0 saturated carbocycles. The number of nitrogens with zero attached hydrogens (tertiary/aromatic N) is 2. The molecule has 2 aromatic carbocycles. The third kappa shape index (κ3) is 4.41. The number of hydrogen-bond donors (Lipinski definition) is 4. The van der Waals surface area contributed by atoms with Crippen molar-refractivity contribution in [3.63, 3.8) is 0 Å². The van der Waals surface area contributed by atoms with Crippen LogP contribution in [-0.4, -0.2) is 29.1 Å². The third-order valence-corrected chi connectivity index (χ3v) is 6.34. The van der Waals surface area contributed by atoms with Crippen LogP contribution in [0.25, 0.3) is 10.9 Å². The molecule has 0 aliphatic carbocycles. The van der Waals surface area contributed by atoms with E-state index in [4.69, 9.17) is 5.73 Å². The predicted molar refractivity (Wildman–Crippen MR) is 122 cm³/mol. The van der Waals surface area contributed by atoms with Gasteiger partial charge in [-0.2, -0.15) is 5.10 Å². The molecule has 0 atom stereocenters. The Hall–Kier alpha value is -4.19. The van der Waals surface area contributed by atoms with Crippen molar-refractivity contribution in [3.05, 3.63) is 76.5 Å². The molecule has 0 bridgehead atoms. The second kappa shape index (κ2) is 8.39. The molecule has 10 nitrogen and oxygen atoms in total. The van der Waals surface area contributed by atoms with Crippen LogP contribution < -0.4 is 21.3 Å². The molecule has 0 aliphatic rings. The maximum Gasteiger partial charge on any atom is 0.275 e. The maximum absolute atomic E-state index is 13.9. The lowest BCUT2D eigenvalue weighted by molar-refractivity contribution is -0.116. The second-order valence-electron chi connectivity index (χ2n) is 7.23. The zero-order valence-corrected chi connectivity index (χ0v) is 18.1. The zero-order valence-electron chi connectivity index (χ0n) is 17.3. The first kappa shape index (κ1) is 22.0. The Kier molecular flexibility index (Phi) is 5.60. The van der Waals surface area contributed by atoms with Crippen LogP contribution in [0.3, 0.4) is 0 Å². The van der Waals surface area contributed by atoms with E-state index in [-0.39, 0.29) is 18.1 Å². The zero-order chi connectivity index (χ0) is 23.8. The van der Waals surface area contributed by atoms with E-state index in [1.54, 1.807) is 25.1 Å². The number of benzene rings is 2. The van der Waals surface area contributed by atoms with Crippen molar-refractivity contribution in [1.29, 1.82) is 0 Å². The summed E-state index contributed by atoms with van der Waals surface area (Å²) >= 11 is 0. The van der Waals surface area contributed by atoms with E-state index in [9.17, 15) is 22.4 Å². The number of fused-ring (bicyclic) bond motifs is 1. The van der Waals surface area contributed by atoms with Crippen LogP contribution in [0.2, 0.25) is 0 Å². The van der Waals surface area contributed by atoms with Gasteiger partial charge in [-0.25, -0.2) is 12.8 Å². The average molecular weight is 470 g/mol. The Morgan fingerprint density at radius 1 is 1.18 bits per heavy atom. The highest BCUT2D eigenvalue weighted by molar-refractivity contribution is 7.92. The van der Waals surface area contributed by atoms with Gasteiger partial charge in [0.1, 0.15) is 22.9 Å². The van der Waals surface area contributed by atoms with E-state index in [1.165, 1.54) is 24.3 Å². The van der Waals surface area contributed by atoms with Crippen LogP contribution in [0.15, 0.2) is 64.3 Å². The molecule has 0 unspecified atom stereocenters. The normalized spacial score (nSPS) is 11.5. The number of hydrogen-bond acceptors (Lipinski definition) is 6. The van der Waals surface area contributed by atoms with Crippen molar-refractivity contribution >= 4 is 44.0 Å². The molecule has 170 valence electrons. The number of amides is 1. The number of sulfonamides is 1. The second-order valence-corrected chi connectivity index (χ2v) is 8.88. The van der Waals surface area contributed by atoms with Gasteiger partial charge < -0.3 is 15.6 Å². The van der Waals surface area contributed by atoms with E-state index in [0.29, 0.717) is 22.3 Å². The first-order valence-corrected chi connectivity index (χ1v) is 11.2. The standard InChI is InChI=1S/C21H19FN6O4S/c1-12-6-8-17(27-33(31,32)18-5-3-2-4-15(18)22)21(30)28(12)11-19(29)24-13-7-9-16-14(10-13)20(23)26-25-16/h2-10,27H,11H2,1H3,(H,24,29)(H3,23,25,26). The molecule has 1 amide bonds. The lowest BCUT2D eigenvalue weighted by atomic mass is 10.2. The molecule has 33 heavy (non-hydrogen) atoms. The number of rotatable bonds is 6. The lowest BCUT2D eigenvalue weighted by Crippen LogP contribution is -2.31. The van der Waals surface area contributed by atoms with Crippen molar-refractivity contribution in [2.75, 3.05) is 15.8 Å². The SMILES string of the molecule is Cc1ccc(NS(=O)(=O)c2ccccc2F)c(=O)n1CC(=O)Nc1ccc2[nH]nc(N)c2c1. The Balaban J connectivity index is 1.57. The number of carbonyl (C=O) groups is 1. The summed E-state index contributed by atoms with van der Waals surface area (Å²) in [6.07, 6.45) is 0. The number of aromatic nitrogens is 3. The molecular formula is C21H19FN6O4S. The van der Waals surface area contributed by atoms with Crippen LogP contribution in [0, 0.1) is 12.7 Å². The van der Waals surface area contributed by atoms with Gasteiger partial charge in [-0.1, -0.05) is 12.1 Å². The number of carbonyl (C=O) groups excluding carboxylic acids is 1. The van der Waals surface area contributed by atoms with Gasteiger partial charge in [0, 0.05) is 16.8 Å². The van der Waals surface area contributed by atoms with Crippen molar-refractivity contribution in [3.8, 4) is 0 Å². The number of halogens is 1. The molecule has 2 aromatic heterocycles. The average Bonchev–Trinajstić information content (AvgIpc) is 3.13.